The third-order valence-corrected chi connectivity index (χ3v) is 4.57. The first-order chi connectivity index (χ1) is 11.2. The Morgan fingerprint density at radius 2 is 1.70 bits per heavy atom. The predicted molar refractivity (Wildman–Crippen MR) is 90.4 cm³/mol. The van der Waals surface area contributed by atoms with Crippen LogP contribution in [0.3, 0.4) is 0 Å². The first-order valence-corrected chi connectivity index (χ1v) is 8.39. The number of rotatable bonds is 5. The molecule has 1 atom stereocenters. The molecule has 0 spiro atoms. The van der Waals surface area contributed by atoms with Crippen LogP contribution >= 0.6 is 0 Å². The van der Waals surface area contributed by atoms with Gasteiger partial charge in [-0.1, -0.05) is 18.2 Å². The number of hydrogen-bond donors (Lipinski definition) is 2. The van der Waals surface area contributed by atoms with Crippen molar-refractivity contribution in [1.29, 1.82) is 0 Å². The van der Waals surface area contributed by atoms with E-state index < -0.39 is 0 Å². The molecule has 1 aromatic carbocycles. The lowest BCUT2D eigenvalue weighted by atomic mass is 9.99. The van der Waals surface area contributed by atoms with Crippen molar-refractivity contribution in [3.05, 3.63) is 35.9 Å². The summed E-state index contributed by atoms with van der Waals surface area (Å²) >= 11 is 0. The van der Waals surface area contributed by atoms with Crippen molar-refractivity contribution in [1.82, 2.24) is 9.80 Å². The molecule has 2 aliphatic heterocycles. The van der Waals surface area contributed by atoms with E-state index in [1.165, 1.54) is 11.1 Å². The van der Waals surface area contributed by atoms with E-state index in [1.807, 2.05) is 12.1 Å². The van der Waals surface area contributed by atoms with Gasteiger partial charge >= 0.3 is 0 Å². The number of aromatic hydroxyl groups is 1. The molecule has 1 saturated heterocycles. The van der Waals surface area contributed by atoms with E-state index in [1.54, 1.807) is 12.1 Å². The molecule has 0 aromatic heterocycles. The van der Waals surface area contributed by atoms with Crippen LogP contribution in [0.15, 0.2) is 30.3 Å². The van der Waals surface area contributed by atoms with Gasteiger partial charge in [0.15, 0.2) is 0 Å². The molecule has 126 valence electrons. The number of hydrogen-bond acceptors (Lipinski definition) is 5. The van der Waals surface area contributed by atoms with E-state index in [4.69, 9.17) is 4.74 Å². The molecule has 5 heteroatoms. The molecule has 2 N–H and O–H groups in total. The Kier molecular flexibility index (Phi) is 5.67. The molecule has 2 aliphatic rings. The topological polar surface area (TPSA) is 56.2 Å². The van der Waals surface area contributed by atoms with Crippen LogP contribution in [0.4, 0.5) is 0 Å². The van der Waals surface area contributed by atoms with Gasteiger partial charge in [-0.3, -0.25) is 9.80 Å². The molecule has 0 aliphatic carbocycles. The van der Waals surface area contributed by atoms with Gasteiger partial charge in [0, 0.05) is 39.3 Å². The lowest BCUT2D eigenvalue weighted by Crippen LogP contribution is -2.45. The quantitative estimate of drug-likeness (QED) is 0.854. The fourth-order valence-corrected chi connectivity index (χ4v) is 3.25. The van der Waals surface area contributed by atoms with E-state index in [9.17, 15) is 10.2 Å². The molecule has 3 rings (SSSR count). The van der Waals surface area contributed by atoms with E-state index >= 15 is 0 Å². The van der Waals surface area contributed by atoms with Crippen LogP contribution in [-0.2, 0) is 4.74 Å². The van der Waals surface area contributed by atoms with E-state index in [-0.39, 0.29) is 6.10 Å². The maximum Gasteiger partial charge on any atom is 0.115 e. The third-order valence-electron chi connectivity index (χ3n) is 4.57. The van der Waals surface area contributed by atoms with Crippen molar-refractivity contribution < 1.29 is 14.9 Å². The second-order valence-electron chi connectivity index (χ2n) is 6.35. The lowest BCUT2D eigenvalue weighted by molar-refractivity contribution is 0.00768. The summed E-state index contributed by atoms with van der Waals surface area (Å²) in [6.07, 6.45) is 2.91. The molecule has 0 amide bonds. The van der Waals surface area contributed by atoms with Crippen molar-refractivity contribution in [2.24, 2.45) is 0 Å². The first-order valence-electron chi connectivity index (χ1n) is 8.39. The molecule has 1 aromatic rings. The van der Waals surface area contributed by atoms with Crippen LogP contribution in [0.5, 0.6) is 5.75 Å². The zero-order valence-corrected chi connectivity index (χ0v) is 13.5. The average Bonchev–Trinajstić information content (AvgIpc) is 2.57. The van der Waals surface area contributed by atoms with E-state index in [0.29, 0.717) is 5.75 Å². The molecule has 5 nitrogen and oxygen atoms in total. The van der Waals surface area contributed by atoms with Gasteiger partial charge < -0.3 is 14.9 Å². The minimum atomic E-state index is -0.309. The van der Waals surface area contributed by atoms with Gasteiger partial charge in [0.25, 0.3) is 0 Å². The van der Waals surface area contributed by atoms with Crippen LogP contribution in [0.25, 0.3) is 5.57 Å². The predicted octanol–water partition coefficient (Wildman–Crippen LogP) is 1.17. The standard InChI is InChI=1S/C18H26N2O3/c21-17-3-1-15(2-4-17)16-5-7-19(8-6-16)13-18(22)14-20-9-11-23-12-10-20/h1-5,18,21-22H,6-14H2. The summed E-state index contributed by atoms with van der Waals surface area (Å²) in [5, 5.41) is 19.7. The smallest absolute Gasteiger partial charge is 0.115 e. The van der Waals surface area contributed by atoms with Gasteiger partial charge in [0.1, 0.15) is 5.75 Å². The molecule has 2 heterocycles. The summed E-state index contributed by atoms with van der Waals surface area (Å²) in [7, 11) is 0. The fourth-order valence-electron chi connectivity index (χ4n) is 3.25. The molecular formula is C18H26N2O3. The Hall–Kier alpha value is -1.40. The largest absolute Gasteiger partial charge is 0.508 e. The van der Waals surface area contributed by atoms with E-state index in [2.05, 4.69) is 15.9 Å². The van der Waals surface area contributed by atoms with Gasteiger partial charge in [-0.05, 0) is 29.7 Å². The van der Waals surface area contributed by atoms with Crippen LogP contribution in [0.2, 0.25) is 0 Å². The van der Waals surface area contributed by atoms with E-state index in [0.717, 1.165) is 58.9 Å². The monoisotopic (exact) mass is 318 g/mol. The van der Waals surface area contributed by atoms with Gasteiger partial charge in [0.05, 0.1) is 19.3 Å². The number of aliphatic hydroxyl groups excluding tert-OH is 1. The highest BCUT2D eigenvalue weighted by molar-refractivity contribution is 5.67. The Bertz CT molecular complexity index is 524. The van der Waals surface area contributed by atoms with Gasteiger partial charge in [0.2, 0.25) is 0 Å². The summed E-state index contributed by atoms with van der Waals surface area (Å²) in [6.45, 7) is 6.67. The summed E-state index contributed by atoms with van der Waals surface area (Å²) < 4.78 is 5.34. The minimum Gasteiger partial charge on any atom is -0.508 e. The van der Waals surface area contributed by atoms with Crippen molar-refractivity contribution in [2.75, 3.05) is 52.5 Å². The van der Waals surface area contributed by atoms with Crippen LogP contribution in [-0.4, -0.2) is 78.6 Å². The molecule has 0 saturated carbocycles. The second-order valence-corrected chi connectivity index (χ2v) is 6.35. The summed E-state index contributed by atoms with van der Waals surface area (Å²) in [6, 6.07) is 7.39. The zero-order valence-electron chi connectivity index (χ0n) is 13.5. The molecule has 0 bridgehead atoms. The summed E-state index contributed by atoms with van der Waals surface area (Å²) in [5.41, 5.74) is 2.50. The second kappa shape index (κ2) is 7.93. The Morgan fingerprint density at radius 1 is 1.00 bits per heavy atom. The highest BCUT2D eigenvalue weighted by atomic mass is 16.5. The molecule has 0 radical (unpaired) electrons. The zero-order chi connectivity index (χ0) is 16.1. The van der Waals surface area contributed by atoms with Crippen molar-refractivity contribution in [2.45, 2.75) is 12.5 Å². The highest BCUT2D eigenvalue weighted by Gasteiger charge is 2.19. The maximum absolute atomic E-state index is 10.3. The molecule has 23 heavy (non-hydrogen) atoms. The van der Waals surface area contributed by atoms with Crippen LogP contribution in [0, 0.1) is 0 Å². The number of phenolic OH excluding ortho intramolecular Hbond substituents is 1. The van der Waals surface area contributed by atoms with Gasteiger partial charge in [-0.25, -0.2) is 0 Å². The van der Waals surface area contributed by atoms with Gasteiger partial charge in [-0.15, -0.1) is 0 Å². The Labute approximate surface area is 137 Å². The SMILES string of the molecule is Oc1ccc(C2=CCN(CC(O)CN3CCOCC3)CC2)cc1. The summed E-state index contributed by atoms with van der Waals surface area (Å²) in [4.78, 5) is 4.57. The molecule has 1 unspecified atom stereocenters. The number of ether oxygens (including phenoxy) is 1. The number of nitrogens with zero attached hydrogens (tertiary/aromatic N) is 2. The summed E-state index contributed by atoms with van der Waals surface area (Å²) in [5.74, 6) is 0.304. The van der Waals surface area contributed by atoms with Gasteiger partial charge in [-0.2, -0.15) is 0 Å². The Morgan fingerprint density at radius 3 is 2.35 bits per heavy atom. The fraction of sp³-hybridized carbons (Fsp3) is 0.556. The normalized spacial score (nSPS) is 21.9. The molecule has 1 fully saturated rings. The van der Waals surface area contributed by atoms with Crippen LogP contribution < -0.4 is 0 Å². The minimum absolute atomic E-state index is 0.304. The van der Waals surface area contributed by atoms with Crippen molar-refractivity contribution in [3.8, 4) is 5.75 Å². The van der Waals surface area contributed by atoms with Crippen molar-refractivity contribution in [3.63, 3.8) is 0 Å². The van der Waals surface area contributed by atoms with Crippen molar-refractivity contribution >= 4 is 5.57 Å². The number of β-amino-alcohol motifs (C(OH)–C–C–N with tert-alkyl or cyclic N) is 1. The number of morpholine rings is 1. The number of benzene rings is 1. The lowest BCUT2D eigenvalue weighted by Gasteiger charge is -2.32. The maximum atomic E-state index is 10.3. The number of aliphatic hydroxyl groups is 1. The molecular weight excluding hydrogens is 292 g/mol. The van der Waals surface area contributed by atoms with Crippen LogP contribution in [0.1, 0.15) is 12.0 Å². The average molecular weight is 318 g/mol. The third kappa shape index (κ3) is 4.78. The first kappa shape index (κ1) is 16.5. The number of phenols is 1. The Balaban J connectivity index is 1.47. The highest BCUT2D eigenvalue weighted by Crippen LogP contribution is 2.24.